The summed E-state index contributed by atoms with van der Waals surface area (Å²) in [6.45, 7) is 1.72. The van der Waals surface area contributed by atoms with Crippen molar-refractivity contribution in [1.82, 2.24) is 4.98 Å². The molecule has 0 radical (unpaired) electrons. The van der Waals surface area contributed by atoms with Gasteiger partial charge in [0.15, 0.2) is 0 Å². The second-order valence-corrected chi connectivity index (χ2v) is 5.04. The van der Waals surface area contributed by atoms with Crippen LogP contribution in [0.15, 0.2) is 24.5 Å². The van der Waals surface area contributed by atoms with Crippen LogP contribution in [0.4, 0.5) is 0 Å². The average Bonchev–Trinajstić information content (AvgIpc) is 2.29. The number of esters is 1. The Morgan fingerprint density at radius 1 is 1.62 bits per heavy atom. The van der Waals surface area contributed by atoms with Gasteiger partial charge in [-0.25, -0.2) is 0 Å². The van der Waals surface area contributed by atoms with E-state index in [1.54, 1.807) is 25.4 Å². The van der Waals surface area contributed by atoms with Crippen molar-refractivity contribution in [2.75, 3.05) is 12.9 Å². The van der Waals surface area contributed by atoms with Gasteiger partial charge in [-0.15, -0.1) is 0 Å². The van der Waals surface area contributed by atoms with Crippen molar-refractivity contribution in [2.24, 2.45) is 5.92 Å². The van der Waals surface area contributed by atoms with E-state index < -0.39 is 10.8 Å². The Labute approximate surface area is 97.5 Å². The van der Waals surface area contributed by atoms with E-state index >= 15 is 0 Å². The van der Waals surface area contributed by atoms with Crippen molar-refractivity contribution in [2.45, 2.75) is 12.7 Å². The third-order valence-electron chi connectivity index (χ3n) is 2.09. The fourth-order valence-corrected chi connectivity index (χ4v) is 2.63. The van der Waals surface area contributed by atoms with Gasteiger partial charge >= 0.3 is 5.97 Å². The first-order valence-corrected chi connectivity index (χ1v) is 6.44. The average molecular weight is 241 g/mol. The maximum absolute atomic E-state index is 11.7. The number of aromatic nitrogens is 1. The van der Waals surface area contributed by atoms with E-state index in [0.717, 1.165) is 5.56 Å². The molecule has 1 rings (SSSR count). The zero-order chi connectivity index (χ0) is 12.0. The summed E-state index contributed by atoms with van der Waals surface area (Å²) in [6, 6.07) is 3.67. The highest BCUT2D eigenvalue weighted by atomic mass is 32.2. The molecule has 0 aromatic carbocycles. The molecule has 88 valence electrons. The minimum atomic E-state index is -1.06. The maximum Gasteiger partial charge on any atom is 0.309 e. The number of carbonyl (C=O) groups is 1. The second-order valence-electron chi connectivity index (χ2n) is 3.54. The van der Waals surface area contributed by atoms with Crippen LogP contribution in [0.3, 0.4) is 0 Å². The standard InChI is InChI=1S/C11H15NO3S/c1-9(11(13)15-2)7-16(14)8-10-4-3-5-12-6-10/h3-6,9H,7-8H2,1-2H3. The molecule has 2 atom stereocenters. The largest absolute Gasteiger partial charge is 0.469 e. The number of methoxy groups -OCH3 is 1. The highest BCUT2D eigenvalue weighted by Crippen LogP contribution is 2.06. The normalized spacial score (nSPS) is 14.1. The number of nitrogens with zero attached hydrogens (tertiary/aromatic N) is 1. The molecule has 0 saturated carbocycles. The van der Waals surface area contributed by atoms with Gasteiger partial charge in [-0.1, -0.05) is 13.0 Å². The van der Waals surface area contributed by atoms with Crippen molar-refractivity contribution >= 4 is 16.8 Å². The summed E-state index contributed by atoms with van der Waals surface area (Å²) in [6.07, 6.45) is 3.35. The fourth-order valence-electron chi connectivity index (χ4n) is 1.28. The summed E-state index contributed by atoms with van der Waals surface area (Å²) < 4.78 is 16.3. The maximum atomic E-state index is 11.7. The molecule has 1 aromatic heterocycles. The molecule has 0 saturated heterocycles. The molecular weight excluding hydrogens is 226 g/mol. The number of hydrogen-bond acceptors (Lipinski definition) is 4. The van der Waals surface area contributed by atoms with Crippen molar-refractivity contribution in [3.8, 4) is 0 Å². The smallest absolute Gasteiger partial charge is 0.309 e. The first-order valence-electron chi connectivity index (χ1n) is 4.95. The van der Waals surface area contributed by atoms with E-state index in [0.29, 0.717) is 11.5 Å². The molecule has 0 aliphatic rings. The molecule has 0 aliphatic carbocycles. The minimum absolute atomic E-state index is 0.320. The van der Waals surface area contributed by atoms with Crippen LogP contribution in [0.25, 0.3) is 0 Å². The molecule has 2 unspecified atom stereocenters. The highest BCUT2D eigenvalue weighted by Gasteiger charge is 2.16. The number of hydrogen-bond donors (Lipinski definition) is 0. The number of rotatable bonds is 5. The lowest BCUT2D eigenvalue weighted by atomic mass is 10.2. The van der Waals surface area contributed by atoms with Crippen LogP contribution in [-0.2, 0) is 26.1 Å². The predicted octanol–water partition coefficient (Wildman–Crippen LogP) is 1.14. The first-order chi connectivity index (χ1) is 7.63. The number of ether oxygens (including phenoxy) is 1. The SMILES string of the molecule is COC(=O)C(C)CS(=O)Cc1cccnc1. The van der Waals surface area contributed by atoms with Crippen molar-refractivity contribution in [3.05, 3.63) is 30.1 Å². The Morgan fingerprint density at radius 2 is 2.38 bits per heavy atom. The van der Waals surface area contributed by atoms with Crippen LogP contribution in [0.1, 0.15) is 12.5 Å². The molecule has 0 N–H and O–H groups in total. The van der Waals surface area contributed by atoms with Crippen LogP contribution < -0.4 is 0 Å². The highest BCUT2D eigenvalue weighted by molar-refractivity contribution is 7.84. The number of carbonyl (C=O) groups excluding carboxylic acids is 1. The van der Waals surface area contributed by atoms with E-state index in [1.807, 2.05) is 6.07 Å². The Morgan fingerprint density at radius 3 is 2.94 bits per heavy atom. The van der Waals surface area contributed by atoms with Gasteiger partial charge in [0, 0.05) is 28.9 Å². The minimum Gasteiger partial charge on any atom is -0.469 e. The predicted molar refractivity (Wildman–Crippen MR) is 62.1 cm³/mol. The van der Waals surface area contributed by atoms with Crippen LogP contribution in [0.2, 0.25) is 0 Å². The van der Waals surface area contributed by atoms with Crippen LogP contribution in [-0.4, -0.2) is 28.0 Å². The molecule has 0 aliphatic heterocycles. The lowest BCUT2D eigenvalue weighted by Crippen LogP contribution is -2.20. The summed E-state index contributed by atoms with van der Waals surface area (Å²) in [7, 11) is 0.272. The van der Waals surface area contributed by atoms with Gasteiger partial charge in [0.2, 0.25) is 0 Å². The summed E-state index contributed by atoms with van der Waals surface area (Å²) in [4.78, 5) is 15.1. The summed E-state index contributed by atoms with van der Waals surface area (Å²) >= 11 is 0. The van der Waals surface area contributed by atoms with E-state index in [-0.39, 0.29) is 11.9 Å². The van der Waals surface area contributed by atoms with E-state index in [2.05, 4.69) is 9.72 Å². The molecule has 0 spiro atoms. The Bertz CT molecular complexity index is 367. The van der Waals surface area contributed by atoms with Gasteiger partial charge in [0.1, 0.15) is 0 Å². The second kappa shape index (κ2) is 6.37. The fraction of sp³-hybridized carbons (Fsp3) is 0.455. The summed E-state index contributed by atoms with van der Waals surface area (Å²) in [5, 5.41) is 0. The van der Waals surface area contributed by atoms with Gasteiger partial charge in [-0.2, -0.15) is 0 Å². The van der Waals surface area contributed by atoms with Crippen LogP contribution in [0, 0.1) is 5.92 Å². The molecular formula is C11H15NO3S. The lowest BCUT2D eigenvalue weighted by Gasteiger charge is -2.08. The van der Waals surface area contributed by atoms with E-state index in [1.165, 1.54) is 7.11 Å². The summed E-state index contributed by atoms with van der Waals surface area (Å²) in [5.74, 6) is 0.0959. The van der Waals surface area contributed by atoms with Gasteiger partial charge in [-0.05, 0) is 11.6 Å². The van der Waals surface area contributed by atoms with Crippen LogP contribution >= 0.6 is 0 Å². The van der Waals surface area contributed by atoms with E-state index in [9.17, 15) is 9.00 Å². The molecule has 1 aromatic rings. The molecule has 1 heterocycles. The van der Waals surface area contributed by atoms with Crippen molar-refractivity contribution in [1.29, 1.82) is 0 Å². The van der Waals surface area contributed by atoms with Crippen LogP contribution in [0.5, 0.6) is 0 Å². The molecule has 4 nitrogen and oxygen atoms in total. The third-order valence-corrected chi connectivity index (χ3v) is 3.62. The molecule has 16 heavy (non-hydrogen) atoms. The van der Waals surface area contributed by atoms with Gasteiger partial charge < -0.3 is 4.74 Å². The van der Waals surface area contributed by atoms with Gasteiger partial charge in [-0.3, -0.25) is 14.0 Å². The first kappa shape index (κ1) is 12.8. The van der Waals surface area contributed by atoms with Gasteiger partial charge in [0.25, 0.3) is 0 Å². The molecule has 0 bridgehead atoms. The lowest BCUT2D eigenvalue weighted by molar-refractivity contribution is -0.144. The summed E-state index contributed by atoms with van der Waals surface area (Å²) in [5.41, 5.74) is 0.915. The Balaban J connectivity index is 2.45. The molecule has 0 fully saturated rings. The van der Waals surface area contributed by atoms with E-state index in [4.69, 9.17) is 0 Å². The third kappa shape index (κ3) is 4.10. The topological polar surface area (TPSA) is 56.3 Å². The van der Waals surface area contributed by atoms with Crippen molar-refractivity contribution in [3.63, 3.8) is 0 Å². The monoisotopic (exact) mass is 241 g/mol. The zero-order valence-electron chi connectivity index (χ0n) is 9.38. The number of pyridine rings is 1. The quantitative estimate of drug-likeness (QED) is 0.725. The molecule has 0 amide bonds. The Hall–Kier alpha value is -1.23. The van der Waals surface area contributed by atoms with Crippen molar-refractivity contribution < 1.29 is 13.7 Å². The molecule has 5 heteroatoms. The Kier molecular flexibility index (Phi) is 5.11. The van der Waals surface area contributed by atoms with Gasteiger partial charge in [0.05, 0.1) is 18.8 Å². The zero-order valence-corrected chi connectivity index (χ0v) is 10.2.